The van der Waals surface area contributed by atoms with Crippen LogP contribution in [-0.4, -0.2) is 6.61 Å². The third-order valence-electron chi connectivity index (χ3n) is 5.06. The molecule has 22 heavy (non-hydrogen) atoms. The number of hydrogen-bond acceptors (Lipinski definition) is 2. The fourth-order valence-corrected chi connectivity index (χ4v) is 3.89. The molecule has 2 aromatic carbocycles. The summed E-state index contributed by atoms with van der Waals surface area (Å²) >= 11 is 0. The Hall–Kier alpha value is -1.80. The van der Waals surface area contributed by atoms with Gasteiger partial charge in [0, 0.05) is 23.8 Å². The molecule has 0 bridgehead atoms. The number of nitrogens with one attached hydrogen (secondary N) is 1. The van der Waals surface area contributed by atoms with E-state index in [0.717, 1.165) is 13.0 Å². The summed E-state index contributed by atoms with van der Waals surface area (Å²) < 4.78 is 6.20. The van der Waals surface area contributed by atoms with Crippen LogP contribution in [0.25, 0.3) is 0 Å². The second kappa shape index (κ2) is 5.44. The standard InChI is InChI=1S/C20H23NO/c1-13-5-8-15(9-6-13)19-16-4-3-11-22-20(16)17-12-14(2)7-10-18(17)21-19/h5-10,12,16,19-21H,3-4,11H2,1-2H3/t16-,19-,20-/m0/s1. The van der Waals surface area contributed by atoms with Crippen LogP contribution in [0.1, 0.15) is 47.2 Å². The molecule has 0 unspecified atom stereocenters. The second-order valence-electron chi connectivity index (χ2n) is 6.72. The van der Waals surface area contributed by atoms with E-state index in [1.165, 1.54) is 34.4 Å². The highest BCUT2D eigenvalue weighted by atomic mass is 16.5. The maximum atomic E-state index is 6.20. The first kappa shape index (κ1) is 13.8. The monoisotopic (exact) mass is 293 g/mol. The normalized spacial score (nSPS) is 26.7. The quantitative estimate of drug-likeness (QED) is 0.804. The molecular formula is C20H23NO. The summed E-state index contributed by atoms with van der Waals surface area (Å²) in [6, 6.07) is 16.0. The summed E-state index contributed by atoms with van der Waals surface area (Å²) in [7, 11) is 0. The van der Waals surface area contributed by atoms with E-state index in [2.05, 4.69) is 61.6 Å². The first-order valence-corrected chi connectivity index (χ1v) is 8.27. The van der Waals surface area contributed by atoms with Crippen LogP contribution < -0.4 is 5.32 Å². The lowest BCUT2D eigenvalue weighted by Gasteiger charge is -2.43. The van der Waals surface area contributed by atoms with Crippen LogP contribution >= 0.6 is 0 Å². The summed E-state index contributed by atoms with van der Waals surface area (Å²) in [6.45, 7) is 5.18. The summed E-state index contributed by atoms with van der Waals surface area (Å²) in [5.74, 6) is 0.519. The van der Waals surface area contributed by atoms with E-state index in [0.29, 0.717) is 12.0 Å². The van der Waals surface area contributed by atoms with Crippen molar-refractivity contribution in [1.29, 1.82) is 0 Å². The summed E-state index contributed by atoms with van der Waals surface area (Å²) in [4.78, 5) is 0. The number of aryl methyl sites for hydroxylation is 2. The van der Waals surface area contributed by atoms with Gasteiger partial charge >= 0.3 is 0 Å². The van der Waals surface area contributed by atoms with Gasteiger partial charge in [0.2, 0.25) is 0 Å². The zero-order valence-electron chi connectivity index (χ0n) is 13.3. The van der Waals surface area contributed by atoms with Crippen LogP contribution in [0.4, 0.5) is 5.69 Å². The van der Waals surface area contributed by atoms with Crippen molar-refractivity contribution in [3.8, 4) is 0 Å². The van der Waals surface area contributed by atoms with Crippen LogP contribution in [0.15, 0.2) is 42.5 Å². The van der Waals surface area contributed by atoms with Crippen molar-refractivity contribution in [2.75, 3.05) is 11.9 Å². The molecule has 0 spiro atoms. The molecule has 2 heteroatoms. The molecule has 2 heterocycles. The van der Waals surface area contributed by atoms with E-state index in [9.17, 15) is 0 Å². The van der Waals surface area contributed by atoms with Gasteiger partial charge in [-0.2, -0.15) is 0 Å². The molecule has 0 aromatic heterocycles. The Labute approximate surface area is 132 Å². The summed E-state index contributed by atoms with van der Waals surface area (Å²) in [5.41, 5.74) is 6.57. The van der Waals surface area contributed by atoms with Crippen molar-refractivity contribution in [2.45, 2.75) is 38.8 Å². The number of anilines is 1. The van der Waals surface area contributed by atoms with Crippen molar-refractivity contribution >= 4 is 5.69 Å². The van der Waals surface area contributed by atoms with Crippen LogP contribution in [0.5, 0.6) is 0 Å². The van der Waals surface area contributed by atoms with Crippen molar-refractivity contribution < 1.29 is 4.74 Å². The van der Waals surface area contributed by atoms with Crippen molar-refractivity contribution in [1.82, 2.24) is 0 Å². The highest BCUT2D eigenvalue weighted by Gasteiger charge is 2.39. The average Bonchev–Trinajstić information content (AvgIpc) is 2.55. The zero-order valence-corrected chi connectivity index (χ0v) is 13.3. The molecule has 1 fully saturated rings. The number of fused-ring (bicyclic) bond motifs is 3. The van der Waals surface area contributed by atoms with Gasteiger partial charge in [-0.3, -0.25) is 0 Å². The van der Waals surface area contributed by atoms with E-state index in [1.54, 1.807) is 0 Å². The van der Waals surface area contributed by atoms with Gasteiger partial charge in [0.1, 0.15) is 0 Å². The van der Waals surface area contributed by atoms with E-state index >= 15 is 0 Å². The highest BCUT2D eigenvalue weighted by Crippen LogP contribution is 2.49. The molecule has 0 amide bonds. The molecular weight excluding hydrogens is 270 g/mol. The van der Waals surface area contributed by atoms with E-state index in [4.69, 9.17) is 4.74 Å². The van der Waals surface area contributed by atoms with E-state index in [-0.39, 0.29) is 6.10 Å². The number of rotatable bonds is 1. The van der Waals surface area contributed by atoms with Gasteiger partial charge in [0.15, 0.2) is 0 Å². The van der Waals surface area contributed by atoms with Gasteiger partial charge < -0.3 is 10.1 Å². The average molecular weight is 293 g/mol. The fourth-order valence-electron chi connectivity index (χ4n) is 3.89. The lowest BCUT2D eigenvalue weighted by molar-refractivity contribution is -0.0381. The van der Waals surface area contributed by atoms with Crippen molar-refractivity contribution in [3.63, 3.8) is 0 Å². The molecule has 0 aliphatic carbocycles. The van der Waals surface area contributed by atoms with E-state index in [1.807, 2.05) is 0 Å². The molecule has 2 aliphatic rings. The fraction of sp³-hybridized carbons (Fsp3) is 0.400. The van der Waals surface area contributed by atoms with Crippen LogP contribution in [0.2, 0.25) is 0 Å². The van der Waals surface area contributed by atoms with Gasteiger partial charge in [0.25, 0.3) is 0 Å². The van der Waals surface area contributed by atoms with Gasteiger partial charge in [-0.15, -0.1) is 0 Å². The van der Waals surface area contributed by atoms with Crippen LogP contribution in [-0.2, 0) is 4.74 Å². The molecule has 0 radical (unpaired) electrons. The third kappa shape index (κ3) is 2.32. The van der Waals surface area contributed by atoms with Crippen molar-refractivity contribution in [2.24, 2.45) is 5.92 Å². The summed E-state index contributed by atoms with van der Waals surface area (Å²) in [6.07, 6.45) is 2.62. The maximum absolute atomic E-state index is 6.20. The second-order valence-corrected chi connectivity index (χ2v) is 6.72. The molecule has 1 N–H and O–H groups in total. The zero-order chi connectivity index (χ0) is 15.1. The molecule has 2 aromatic rings. The first-order chi connectivity index (χ1) is 10.7. The Kier molecular flexibility index (Phi) is 3.42. The Morgan fingerprint density at radius 2 is 1.77 bits per heavy atom. The maximum Gasteiger partial charge on any atom is 0.0895 e. The first-order valence-electron chi connectivity index (χ1n) is 8.27. The Morgan fingerprint density at radius 3 is 2.59 bits per heavy atom. The SMILES string of the molecule is Cc1ccc([C@@H]2Nc3ccc(C)cc3[C@H]3OCCC[C@H]32)cc1. The predicted octanol–water partition coefficient (Wildman–Crippen LogP) is 4.94. The highest BCUT2D eigenvalue weighted by molar-refractivity contribution is 5.58. The number of benzene rings is 2. The van der Waals surface area contributed by atoms with Gasteiger partial charge in [-0.1, -0.05) is 47.5 Å². The molecule has 114 valence electrons. The number of ether oxygens (including phenoxy) is 1. The van der Waals surface area contributed by atoms with Gasteiger partial charge in [-0.05, 0) is 38.3 Å². The van der Waals surface area contributed by atoms with Gasteiger partial charge in [-0.25, -0.2) is 0 Å². The Morgan fingerprint density at radius 1 is 1.00 bits per heavy atom. The van der Waals surface area contributed by atoms with Crippen LogP contribution in [0, 0.1) is 19.8 Å². The van der Waals surface area contributed by atoms with Crippen molar-refractivity contribution in [3.05, 3.63) is 64.7 Å². The minimum atomic E-state index is 0.233. The molecule has 2 nitrogen and oxygen atoms in total. The molecule has 3 atom stereocenters. The third-order valence-corrected chi connectivity index (χ3v) is 5.06. The molecule has 1 saturated heterocycles. The summed E-state index contributed by atoms with van der Waals surface area (Å²) in [5, 5.41) is 3.78. The largest absolute Gasteiger partial charge is 0.378 e. The van der Waals surface area contributed by atoms with Gasteiger partial charge in [0.05, 0.1) is 12.1 Å². The van der Waals surface area contributed by atoms with E-state index < -0.39 is 0 Å². The lowest BCUT2D eigenvalue weighted by atomic mass is 9.77. The Bertz CT molecular complexity index is 677. The minimum absolute atomic E-state index is 0.233. The molecule has 0 saturated carbocycles. The Balaban J connectivity index is 1.77. The molecule has 2 aliphatic heterocycles. The van der Waals surface area contributed by atoms with Crippen LogP contribution in [0.3, 0.4) is 0 Å². The number of hydrogen-bond donors (Lipinski definition) is 1. The lowest BCUT2D eigenvalue weighted by Crippen LogP contribution is -2.36. The predicted molar refractivity (Wildman–Crippen MR) is 90.1 cm³/mol. The minimum Gasteiger partial charge on any atom is -0.378 e. The topological polar surface area (TPSA) is 21.3 Å². The smallest absolute Gasteiger partial charge is 0.0895 e. The molecule has 4 rings (SSSR count).